The van der Waals surface area contributed by atoms with Gasteiger partial charge >= 0.3 is 5.97 Å². The quantitative estimate of drug-likeness (QED) is 0.528. The number of carbonyl (C=O) groups excluding carboxylic acids is 1. The van der Waals surface area contributed by atoms with Crippen LogP contribution >= 0.6 is 0 Å². The summed E-state index contributed by atoms with van der Waals surface area (Å²) in [5, 5.41) is 0. The first-order valence-corrected chi connectivity index (χ1v) is 5.97. The van der Waals surface area contributed by atoms with E-state index < -0.39 is 11.8 Å². The van der Waals surface area contributed by atoms with Gasteiger partial charge in [-0.1, -0.05) is 12.1 Å². The Morgan fingerprint density at radius 2 is 2.05 bits per heavy atom. The van der Waals surface area contributed by atoms with Gasteiger partial charge in [-0.15, -0.1) is 0 Å². The molecule has 0 aliphatic heterocycles. The molecule has 1 aromatic heterocycles. The molecule has 0 fully saturated rings. The van der Waals surface area contributed by atoms with Gasteiger partial charge in [-0.2, -0.15) is 0 Å². The second kappa shape index (κ2) is 4.77. The van der Waals surface area contributed by atoms with Gasteiger partial charge in [-0.05, 0) is 24.3 Å². The van der Waals surface area contributed by atoms with E-state index in [4.69, 9.17) is 9.15 Å². The molecule has 20 heavy (non-hydrogen) atoms. The van der Waals surface area contributed by atoms with Gasteiger partial charge in [0.05, 0.1) is 5.56 Å². The number of ether oxygens (including phenoxy) is 1. The Morgan fingerprint density at radius 3 is 2.75 bits per heavy atom. The van der Waals surface area contributed by atoms with E-state index in [2.05, 4.69) is 4.98 Å². The van der Waals surface area contributed by atoms with Crippen LogP contribution in [0.4, 0.5) is 4.39 Å². The van der Waals surface area contributed by atoms with E-state index in [0.717, 1.165) is 6.07 Å². The van der Waals surface area contributed by atoms with Gasteiger partial charge in [0, 0.05) is 13.0 Å². The summed E-state index contributed by atoms with van der Waals surface area (Å²) >= 11 is 0. The van der Waals surface area contributed by atoms with Crippen LogP contribution < -0.4 is 4.74 Å². The highest BCUT2D eigenvalue weighted by Gasteiger charge is 2.13. The number of esters is 1. The molecule has 0 saturated heterocycles. The molecule has 0 radical (unpaired) electrons. The van der Waals surface area contributed by atoms with E-state index >= 15 is 0 Å². The second-order valence-electron chi connectivity index (χ2n) is 4.22. The maximum atomic E-state index is 14.0. The number of para-hydroxylation sites is 2. The average Bonchev–Trinajstić information content (AvgIpc) is 2.81. The Hall–Kier alpha value is -2.69. The highest BCUT2D eigenvalue weighted by molar-refractivity contribution is 5.76. The molecule has 3 rings (SSSR count). The van der Waals surface area contributed by atoms with Crippen LogP contribution in [-0.4, -0.2) is 11.0 Å². The molecule has 0 spiro atoms. The summed E-state index contributed by atoms with van der Waals surface area (Å²) in [7, 11) is 0. The number of hydrogen-bond donors (Lipinski definition) is 0. The topological polar surface area (TPSA) is 52.3 Å². The van der Waals surface area contributed by atoms with Crippen molar-refractivity contribution in [1.82, 2.24) is 4.98 Å². The zero-order valence-corrected chi connectivity index (χ0v) is 10.6. The lowest BCUT2D eigenvalue weighted by atomic mass is 10.2. The van der Waals surface area contributed by atoms with E-state index in [1.54, 1.807) is 12.1 Å². The number of carbonyl (C=O) groups is 1. The first kappa shape index (κ1) is 12.3. The monoisotopic (exact) mass is 271 g/mol. The van der Waals surface area contributed by atoms with E-state index in [9.17, 15) is 9.18 Å². The fourth-order valence-corrected chi connectivity index (χ4v) is 1.89. The summed E-state index contributed by atoms with van der Waals surface area (Å²) in [6.07, 6.45) is 0. The highest BCUT2D eigenvalue weighted by atomic mass is 19.1. The minimum atomic E-state index is -0.560. The summed E-state index contributed by atoms with van der Waals surface area (Å²) in [6, 6.07) is 11.3. The van der Waals surface area contributed by atoms with Crippen molar-refractivity contribution >= 4 is 17.1 Å². The van der Waals surface area contributed by atoms with E-state index in [1.165, 1.54) is 19.1 Å². The SMILES string of the molecule is CC(=O)Oc1ccc(-c2nc3ccccc3o2)c(F)c1. The van der Waals surface area contributed by atoms with Crippen molar-refractivity contribution in [2.24, 2.45) is 0 Å². The Labute approximate surface area is 113 Å². The van der Waals surface area contributed by atoms with Crippen LogP contribution in [0.25, 0.3) is 22.6 Å². The fraction of sp³-hybridized carbons (Fsp3) is 0.0667. The number of rotatable bonds is 2. The van der Waals surface area contributed by atoms with Crippen molar-refractivity contribution in [3.8, 4) is 17.2 Å². The molecular weight excluding hydrogens is 261 g/mol. The maximum Gasteiger partial charge on any atom is 0.308 e. The van der Waals surface area contributed by atoms with Crippen LogP contribution in [0.5, 0.6) is 5.75 Å². The third-order valence-corrected chi connectivity index (χ3v) is 2.73. The summed E-state index contributed by atoms with van der Waals surface area (Å²) in [4.78, 5) is 15.0. The molecular formula is C15H10FNO3. The van der Waals surface area contributed by atoms with E-state index in [1.807, 2.05) is 12.1 Å². The normalized spacial score (nSPS) is 10.7. The van der Waals surface area contributed by atoms with Gasteiger partial charge in [0.1, 0.15) is 17.1 Å². The predicted octanol–water partition coefficient (Wildman–Crippen LogP) is 3.56. The first-order chi connectivity index (χ1) is 9.63. The van der Waals surface area contributed by atoms with Crippen molar-refractivity contribution in [2.75, 3.05) is 0 Å². The van der Waals surface area contributed by atoms with Crippen molar-refractivity contribution < 1.29 is 18.3 Å². The molecule has 0 aliphatic carbocycles. The molecule has 100 valence electrons. The summed E-state index contributed by atoms with van der Waals surface area (Å²) < 4.78 is 24.3. The van der Waals surface area contributed by atoms with Crippen LogP contribution in [0.1, 0.15) is 6.92 Å². The number of hydrogen-bond acceptors (Lipinski definition) is 4. The number of fused-ring (bicyclic) bond motifs is 1. The lowest BCUT2D eigenvalue weighted by molar-refractivity contribution is -0.131. The van der Waals surface area contributed by atoms with Gasteiger partial charge in [0.25, 0.3) is 0 Å². The fourth-order valence-electron chi connectivity index (χ4n) is 1.89. The molecule has 0 unspecified atom stereocenters. The molecule has 0 bridgehead atoms. The number of benzene rings is 2. The molecule has 2 aromatic carbocycles. The number of halogens is 1. The minimum Gasteiger partial charge on any atom is -0.436 e. The van der Waals surface area contributed by atoms with Gasteiger partial charge in [-0.3, -0.25) is 4.79 Å². The van der Waals surface area contributed by atoms with Gasteiger partial charge < -0.3 is 9.15 Å². The highest BCUT2D eigenvalue weighted by Crippen LogP contribution is 2.28. The second-order valence-corrected chi connectivity index (χ2v) is 4.22. The number of aromatic nitrogens is 1. The average molecular weight is 271 g/mol. The number of oxazole rings is 1. The van der Waals surface area contributed by atoms with Crippen LogP contribution in [0, 0.1) is 5.82 Å². The van der Waals surface area contributed by atoms with Crippen molar-refractivity contribution in [1.29, 1.82) is 0 Å². The maximum absolute atomic E-state index is 14.0. The zero-order chi connectivity index (χ0) is 14.1. The first-order valence-electron chi connectivity index (χ1n) is 5.97. The summed E-state index contributed by atoms with van der Waals surface area (Å²) in [5.41, 5.74) is 1.47. The third-order valence-electron chi connectivity index (χ3n) is 2.73. The molecule has 3 aromatic rings. The third kappa shape index (κ3) is 2.25. The molecule has 1 heterocycles. The lowest BCUT2D eigenvalue weighted by Gasteiger charge is -2.03. The zero-order valence-electron chi connectivity index (χ0n) is 10.6. The molecule has 0 amide bonds. The Kier molecular flexibility index (Phi) is 2.95. The summed E-state index contributed by atoms with van der Waals surface area (Å²) in [6.45, 7) is 1.26. The summed E-state index contributed by atoms with van der Waals surface area (Å²) in [5.74, 6) is -0.720. The number of nitrogens with zero attached hydrogens (tertiary/aromatic N) is 1. The molecule has 5 heteroatoms. The van der Waals surface area contributed by atoms with Crippen molar-refractivity contribution in [3.05, 3.63) is 48.3 Å². The molecule has 0 saturated carbocycles. The van der Waals surface area contributed by atoms with Gasteiger partial charge in [0.15, 0.2) is 5.58 Å². The molecule has 0 atom stereocenters. The van der Waals surface area contributed by atoms with Crippen LogP contribution in [0.15, 0.2) is 46.9 Å². The van der Waals surface area contributed by atoms with Crippen molar-refractivity contribution in [2.45, 2.75) is 6.92 Å². The molecule has 4 nitrogen and oxygen atoms in total. The van der Waals surface area contributed by atoms with Crippen LogP contribution in [0.2, 0.25) is 0 Å². The Bertz CT molecular complexity index is 762. The lowest BCUT2D eigenvalue weighted by Crippen LogP contribution is -2.01. The van der Waals surface area contributed by atoms with Crippen LogP contribution in [0.3, 0.4) is 0 Å². The minimum absolute atomic E-state index is 0.148. The van der Waals surface area contributed by atoms with Crippen molar-refractivity contribution in [3.63, 3.8) is 0 Å². The predicted molar refractivity (Wildman–Crippen MR) is 70.7 cm³/mol. The Balaban J connectivity index is 2.03. The molecule has 0 aliphatic rings. The smallest absolute Gasteiger partial charge is 0.308 e. The van der Waals surface area contributed by atoms with Crippen LogP contribution in [-0.2, 0) is 4.79 Å². The molecule has 0 N–H and O–H groups in total. The standard InChI is InChI=1S/C15H10FNO3/c1-9(18)19-10-6-7-11(12(16)8-10)15-17-13-4-2-3-5-14(13)20-15/h2-8H,1H3. The van der Waals surface area contributed by atoms with E-state index in [-0.39, 0.29) is 17.2 Å². The van der Waals surface area contributed by atoms with E-state index in [0.29, 0.717) is 11.1 Å². The van der Waals surface area contributed by atoms with Gasteiger partial charge in [-0.25, -0.2) is 9.37 Å². The largest absolute Gasteiger partial charge is 0.436 e. The van der Waals surface area contributed by atoms with Gasteiger partial charge in [0.2, 0.25) is 5.89 Å². The Morgan fingerprint density at radius 1 is 1.25 bits per heavy atom.